The Labute approximate surface area is 89.7 Å². The number of hydrogen-bond acceptors (Lipinski definition) is 2. The third-order valence-electron chi connectivity index (χ3n) is 1.71. The summed E-state index contributed by atoms with van der Waals surface area (Å²) in [7, 11) is 1.90. The van der Waals surface area contributed by atoms with Crippen molar-refractivity contribution in [3.05, 3.63) is 28.5 Å². The van der Waals surface area contributed by atoms with Crippen molar-refractivity contribution in [3.63, 3.8) is 0 Å². The van der Waals surface area contributed by atoms with E-state index in [0.717, 1.165) is 24.2 Å². The normalized spacial score (nSPS) is 9.36. The van der Waals surface area contributed by atoms with Gasteiger partial charge in [0.25, 0.3) is 0 Å². The fourth-order valence-corrected chi connectivity index (χ4v) is 1.21. The lowest BCUT2D eigenvalue weighted by atomic mass is 10.2. The van der Waals surface area contributed by atoms with E-state index in [-0.39, 0.29) is 0 Å². The Morgan fingerprint density at radius 3 is 2.93 bits per heavy atom. The van der Waals surface area contributed by atoms with Crippen molar-refractivity contribution in [3.8, 4) is 11.8 Å². The van der Waals surface area contributed by atoms with Crippen molar-refractivity contribution in [1.82, 2.24) is 10.3 Å². The average Bonchev–Trinajstić information content (AvgIpc) is 2.15. The molecule has 74 valence electrons. The van der Waals surface area contributed by atoms with Crippen molar-refractivity contribution in [2.45, 2.75) is 13.3 Å². The van der Waals surface area contributed by atoms with Crippen LogP contribution in [0.4, 0.5) is 0 Å². The summed E-state index contributed by atoms with van der Waals surface area (Å²) in [6.07, 6.45) is 0.820. The highest BCUT2D eigenvalue weighted by molar-refractivity contribution is 6.30. The highest BCUT2D eigenvalue weighted by Gasteiger charge is 1.96. The fraction of sp³-hybridized carbons (Fsp3) is 0.364. The summed E-state index contributed by atoms with van der Waals surface area (Å²) < 4.78 is 0. The molecule has 0 aliphatic heterocycles. The highest BCUT2D eigenvalue weighted by atomic mass is 35.5. The van der Waals surface area contributed by atoms with Gasteiger partial charge < -0.3 is 5.32 Å². The largest absolute Gasteiger partial charge is 0.319 e. The lowest BCUT2D eigenvalue weighted by Crippen LogP contribution is -2.05. The molecular weight excluding hydrogens is 196 g/mol. The number of nitrogens with one attached hydrogen (secondary N) is 1. The summed E-state index contributed by atoms with van der Waals surface area (Å²) in [5, 5.41) is 3.51. The zero-order chi connectivity index (χ0) is 10.4. The Balaban J connectivity index is 2.70. The van der Waals surface area contributed by atoms with Gasteiger partial charge in [-0.05, 0) is 26.1 Å². The Morgan fingerprint density at radius 1 is 1.50 bits per heavy atom. The summed E-state index contributed by atoms with van der Waals surface area (Å²) in [6, 6.07) is 3.81. The molecule has 0 unspecified atom stereocenters. The van der Waals surface area contributed by atoms with Crippen LogP contribution in [0.1, 0.15) is 17.7 Å². The third-order valence-corrected chi connectivity index (χ3v) is 2.00. The molecule has 0 spiro atoms. The number of nitrogens with zero attached hydrogens (tertiary/aromatic N) is 1. The van der Waals surface area contributed by atoms with Gasteiger partial charge in [0.15, 0.2) is 0 Å². The van der Waals surface area contributed by atoms with Crippen molar-refractivity contribution < 1.29 is 0 Å². The number of halogens is 1. The molecule has 1 aromatic rings. The molecule has 0 radical (unpaired) electrons. The van der Waals surface area contributed by atoms with Gasteiger partial charge in [-0.1, -0.05) is 23.4 Å². The molecule has 0 amide bonds. The van der Waals surface area contributed by atoms with Crippen LogP contribution < -0.4 is 5.32 Å². The second kappa shape index (κ2) is 5.64. The predicted octanol–water partition coefficient (Wildman–Crippen LogP) is 2.00. The molecule has 14 heavy (non-hydrogen) atoms. The van der Waals surface area contributed by atoms with Gasteiger partial charge >= 0.3 is 0 Å². The molecule has 1 N–H and O–H groups in total. The maximum absolute atomic E-state index is 5.91. The predicted molar refractivity (Wildman–Crippen MR) is 59.4 cm³/mol. The van der Waals surface area contributed by atoms with Crippen LogP contribution in [0, 0.1) is 18.8 Å². The number of aryl methyl sites for hydroxylation is 1. The molecule has 0 aliphatic rings. The molecule has 1 aromatic heterocycles. The van der Waals surface area contributed by atoms with Crippen LogP contribution in [0.25, 0.3) is 0 Å². The van der Waals surface area contributed by atoms with Gasteiger partial charge in [0.1, 0.15) is 5.15 Å². The summed E-state index contributed by atoms with van der Waals surface area (Å²) in [5.74, 6) is 6.02. The first-order valence-corrected chi connectivity index (χ1v) is 4.88. The molecule has 0 fully saturated rings. The number of rotatable bonds is 2. The lowest BCUT2D eigenvalue weighted by molar-refractivity contribution is 0.818. The van der Waals surface area contributed by atoms with Gasteiger partial charge in [0, 0.05) is 18.7 Å². The SMILES string of the molecule is CNCCC#Cc1ccc(C)nc1Cl. The Kier molecular flexibility index (Phi) is 4.45. The molecule has 1 heterocycles. The van der Waals surface area contributed by atoms with Gasteiger partial charge in [-0.3, -0.25) is 0 Å². The van der Waals surface area contributed by atoms with E-state index >= 15 is 0 Å². The second-order valence-corrected chi connectivity index (χ2v) is 3.30. The number of hydrogen-bond donors (Lipinski definition) is 1. The minimum Gasteiger partial charge on any atom is -0.319 e. The van der Waals surface area contributed by atoms with E-state index in [0.29, 0.717) is 5.15 Å². The van der Waals surface area contributed by atoms with Gasteiger partial charge in [0.2, 0.25) is 0 Å². The smallest absolute Gasteiger partial charge is 0.144 e. The van der Waals surface area contributed by atoms with Crippen molar-refractivity contribution >= 4 is 11.6 Å². The monoisotopic (exact) mass is 208 g/mol. The fourth-order valence-electron chi connectivity index (χ4n) is 0.963. The highest BCUT2D eigenvalue weighted by Crippen LogP contribution is 2.11. The van der Waals surface area contributed by atoms with E-state index in [1.807, 2.05) is 26.1 Å². The van der Waals surface area contributed by atoms with Crippen LogP contribution >= 0.6 is 11.6 Å². The van der Waals surface area contributed by atoms with Gasteiger partial charge in [0.05, 0.1) is 5.56 Å². The quantitative estimate of drug-likeness (QED) is 0.457. The number of aromatic nitrogens is 1. The lowest BCUT2D eigenvalue weighted by Gasteiger charge is -1.96. The maximum Gasteiger partial charge on any atom is 0.144 e. The minimum atomic E-state index is 0.488. The zero-order valence-electron chi connectivity index (χ0n) is 8.39. The van der Waals surface area contributed by atoms with Gasteiger partial charge in [-0.15, -0.1) is 0 Å². The third kappa shape index (κ3) is 3.37. The summed E-state index contributed by atoms with van der Waals surface area (Å²) in [5.41, 5.74) is 1.71. The standard InChI is InChI=1S/C11H13ClN2/c1-9-6-7-10(11(12)14-9)5-3-4-8-13-2/h6-7,13H,4,8H2,1-2H3. The first-order valence-electron chi connectivity index (χ1n) is 4.50. The van der Waals surface area contributed by atoms with Gasteiger partial charge in [-0.2, -0.15) is 0 Å². The molecule has 0 aromatic carbocycles. The van der Waals surface area contributed by atoms with E-state index in [1.54, 1.807) is 0 Å². The van der Waals surface area contributed by atoms with Crippen LogP contribution in [0.3, 0.4) is 0 Å². The topological polar surface area (TPSA) is 24.9 Å². The van der Waals surface area contributed by atoms with Crippen molar-refractivity contribution in [1.29, 1.82) is 0 Å². The summed E-state index contributed by atoms with van der Waals surface area (Å²) in [6.45, 7) is 2.80. The number of pyridine rings is 1. The minimum absolute atomic E-state index is 0.488. The average molecular weight is 209 g/mol. The molecule has 0 aliphatic carbocycles. The second-order valence-electron chi connectivity index (χ2n) is 2.95. The molecule has 2 nitrogen and oxygen atoms in total. The molecule has 1 rings (SSSR count). The zero-order valence-corrected chi connectivity index (χ0v) is 9.15. The van der Waals surface area contributed by atoms with Crippen LogP contribution in [0.5, 0.6) is 0 Å². The Morgan fingerprint density at radius 2 is 2.29 bits per heavy atom. The van der Waals surface area contributed by atoms with E-state index in [9.17, 15) is 0 Å². The summed E-state index contributed by atoms with van der Waals surface area (Å²) in [4.78, 5) is 4.12. The van der Waals surface area contributed by atoms with Crippen LogP contribution in [0.15, 0.2) is 12.1 Å². The van der Waals surface area contributed by atoms with E-state index < -0.39 is 0 Å². The first kappa shape index (κ1) is 11.0. The molecule has 0 bridgehead atoms. The first-order chi connectivity index (χ1) is 6.74. The van der Waals surface area contributed by atoms with E-state index in [2.05, 4.69) is 22.1 Å². The van der Waals surface area contributed by atoms with E-state index in [4.69, 9.17) is 11.6 Å². The molecule has 3 heteroatoms. The molecule has 0 saturated carbocycles. The summed E-state index contributed by atoms with van der Waals surface area (Å²) >= 11 is 5.91. The van der Waals surface area contributed by atoms with Crippen LogP contribution in [-0.2, 0) is 0 Å². The molecular formula is C11H13ClN2. The van der Waals surface area contributed by atoms with Crippen LogP contribution in [0.2, 0.25) is 5.15 Å². The molecule has 0 saturated heterocycles. The van der Waals surface area contributed by atoms with Crippen LogP contribution in [-0.4, -0.2) is 18.6 Å². The van der Waals surface area contributed by atoms with E-state index in [1.165, 1.54) is 0 Å². The molecule has 0 atom stereocenters. The van der Waals surface area contributed by atoms with Crippen molar-refractivity contribution in [2.24, 2.45) is 0 Å². The van der Waals surface area contributed by atoms with Gasteiger partial charge in [-0.25, -0.2) is 4.98 Å². The van der Waals surface area contributed by atoms with Crippen molar-refractivity contribution in [2.75, 3.05) is 13.6 Å². The Bertz CT molecular complexity index is 363. The Hall–Kier alpha value is -1.04. The maximum atomic E-state index is 5.91.